The Morgan fingerprint density at radius 3 is 2.52 bits per heavy atom. The summed E-state index contributed by atoms with van der Waals surface area (Å²) in [5.41, 5.74) is 4.72. The highest BCUT2D eigenvalue weighted by Gasteiger charge is 2.10. The molecule has 2 aromatic rings. The van der Waals surface area contributed by atoms with Crippen molar-refractivity contribution in [2.24, 2.45) is 5.10 Å². The number of hydrogen-bond acceptors (Lipinski definition) is 4. The number of nitrogens with one attached hydrogen (secondary N) is 1. The third-order valence-corrected chi connectivity index (χ3v) is 3.27. The Morgan fingerprint density at radius 2 is 1.83 bits per heavy atom. The van der Waals surface area contributed by atoms with E-state index in [4.69, 9.17) is 4.74 Å². The second kappa shape index (κ2) is 8.58. The van der Waals surface area contributed by atoms with E-state index < -0.39 is 6.09 Å². The van der Waals surface area contributed by atoms with Crippen LogP contribution in [0.4, 0.5) is 4.79 Å². The molecule has 5 nitrogen and oxygen atoms in total. The fourth-order valence-electron chi connectivity index (χ4n) is 2.15. The Balaban J connectivity index is 2.16. The van der Waals surface area contributed by atoms with Gasteiger partial charge < -0.3 is 9.84 Å². The zero-order valence-corrected chi connectivity index (χ0v) is 13.0. The molecule has 0 bridgehead atoms. The number of aryl methyl sites for hydroxylation is 1. The minimum atomic E-state index is -0.611. The fraction of sp³-hybridized carbons (Fsp3) is 0.222. The zero-order valence-electron chi connectivity index (χ0n) is 13.0. The Hall–Kier alpha value is -2.82. The summed E-state index contributed by atoms with van der Waals surface area (Å²) in [5.74, 6) is 0.130. The smallest absolute Gasteiger partial charge is 0.427 e. The number of rotatable bonds is 6. The Morgan fingerprint density at radius 1 is 1.13 bits per heavy atom. The molecule has 1 amide bonds. The minimum Gasteiger partial charge on any atom is -0.507 e. The first-order valence-electron chi connectivity index (χ1n) is 7.52. The van der Waals surface area contributed by atoms with Gasteiger partial charge in [-0.3, -0.25) is 0 Å². The van der Waals surface area contributed by atoms with Crippen molar-refractivity contribution in [1.29, 1.82) is 0 Å². The predicted octanol–water partition coefficient (Wildman–Crippen LogP) is 3.48. The number of phenols is 1. The number of carbonyl (C=O) groups is 1. The van der Waals surface area contributed by atoms with E-state index in [0.717, 1.165) is 12.0 Å². The second-order valence-corrected chi connectivity index (χ2v) is 4.89. The van der Waals surface area contributed by atoms with Crippen LogP contribution in [-0.2, 0) is 11.2 Å². The van der Waals surface area contributed by atoms with E-state index in [1.165, 1.54) is 0 Å². The molecule has 0 aliphatic carbocycles. The standard InChI is InChI=1S/C18H20N2O3/c1-2-23-18(22)20-19-16(15-10-6-7-11-17(15)21)13-12-14-8-4-3-5-9-14/h3-11,21H,2,12-13H2,1H3,(H,20,22)/b19-16+. The lowest BCUT2D eigenvalue weighted by molar-refractivity contribution is 0.152. The van der Waals surface area contributed by atoms with Crippen molar-refractivity contribution in [3.05, 3.63) is 65.7 Å². The molecule has 0 heterocycles. The van der Waals surface area contributed by atoms with E-state index in [1.807, 2.05) is 36.4 Å². The normalized spacial score (nSPS) is 11.1. The van der Waals surface area contributed by atoms with E-state index in [9.17, 15) is 9.90 Å². The van der Waals surface area contributed by atoms with Crippen LogP contribution in [0, 0.1) is 0 Å². The quantitative estimate of drug-likeness (QED) is 0.633. The van der Waals surface area contributed by atoms with E-state index in [2.05, 4.69) is 10.5 Å². The zero-order chi connectivity index (χ0) is 16.5. The Labute approximate surface area is 135 Å². The number of para-hydroxylation sites is 1. The molecule has 23 heavy (non-hydrogen) atoms. The van der Waals surface area contributed by atoms with E-state index in [1.54, 1.807) is 25.1 Å². The number of amides is 1. The fourth-order valence-corrected chi connectivity index (χ4v) is 2.15. The van der Waals surface area contributed by atoms with Gasteiger partial charge in [0, 0.05) is 5.56 Å². The third-order valence-electron chi connectivity index (χ3n) is 3.27. The van der Waals surface area contributed by atoms with Gasteiger partial charge in [0.1, 0.15) is 5.75 Å². The summed E-state index contributed by atoms with van der Waals surface area (Å²) in [4.78, 5) is 11.4. The van der Waals surface area contributed by atoms with Crippen molar-refractivity contribution in [1.82, 2.24) is 5.43 Å². The molecule has 0 saturated heterocycles. The van der Waals surface area contributed by atoms with Gasteiger partial charge >= 0.3 is 6.09 Å². The van der Waals surface area contributed by atoms with Crippen LogP contribution in [0.3, 0.4) is 0 Å². The topological polar surface area (TPSA) is 70.9 Å². The van der Waals surface area contributed by atoms with Crippen LogP contribution in [0.1, 0.15) is 24.5 Å². The van der Waals surface area contributed by atoms with Crippen LogP contribution in [-0.4, -0.2) is 23.5 Å². The SMILES string of the molecule is CCOC(=O)N/N=C(\CCc1ccccc1)c1ccccc1O. The molecule has 0 radical (unpaired) electrons. The highest BCUT2D eigenvalue weighted by atomic mass is 16.5. The number of carbonyl (C=O) groups excluding carboxylic acids is 1. The second-order valence-electron chi connectivity index (χ2n) is 4.89. The molecular formula is C18H20N2O3. The summed E-state index contributed by atoms with van der Waals surface area (Å²) in [5, 5.41) is 14.1. The van der Waals surface area contributed by atoms with Crippen molar-refractivity contribution in [3.63, 3.8) is 0 Å². The highest BCUT2D eigenvalue weighted by Crippen LogP contribution is 2.19. The molecule has 2 aromatic carbocycles. The average molecular weight is 312 g/mol. The molecule has 0 unspecified atom stereocenters. The van der Waals surface area contributed by atoms with Crippen molar-refractivity contribution in [2.45, 2.75) is 19.8 Å². The largest absolute Gasteiger partial charge is 0.507 e. The number of phenolic OH excluding ortho intramolecular Hbond substituents is 1. The summed E-state index contributed by atoms with van der Waals surface area (Å²) in [6.45, 7) is 2.00. The van der Waals surface area contributed by atoms with Gasteiger partial charge in [0.05, 0.1) is 12.3 Å². The molecule has 0 aromatic heterocycles. The van der Waals surface area contributed by atoms with Crippen molar-refractivity contribution < 1.29 is 14.6 Å². The first-order chi connectivity index (χ1) is 11.2. The van der Waals surface area contributed by atoms with Crippen LogP contribution < -0.4 is 5.43 Å². The first kappa shape index (κ1) is 16.5. The molecule has 2 rings (SSSR count). The highest BCUT2D eigenvalue weighted by molar-refractivity contribution is 6.03. The molecule has 120 valence electrons. The van der Waals surface area contributed by atoms with Crippen molar-refractivity contribution in [2.75, 3.05) is 6.61 Å². The molecule has 2 N–H and O–H groups in total. The lowest BCUT2D eigenvalue weighted by Gasteiger charge is -2.09. The molecule has 0 saturated carbocycles. The van der Waals surface area contributed by atoms with E-state index in [-0.39, 0.29) is 12.4 Å². The van der Waals surface area contributed by atoms with E-state index >= 15 is 0 Å². The van der Waals surface area contributed by atoms with Crippen molar-refractivity contribution in [3.8, 4) is 5.75 Å². The summed E-state index contributed by atoms with van der Waals surface area (Å²) < 4.78 is 4.80. The number of hydrazone groups is 1. The molecule has 0 fully saturated rings. The maximum absolute atomic E-state index is 11.4. The van der Waals surface area contributed by atoms with Crippen LogP contribution in [0.15, 0.2) is 59.7 Å². The Bertz CT molecular complexity index is 669. The number of benzene rings is 2. The molecule has 0 aliphatic heterocycles. The van der Waals surface area contributed by atoms with Gasteiger partial charge in [-0.1, -0.05) is 42.5 Å². The molecular weight excluding hydrogens is 292 g/mol. The van der Waals surface area contributed by atoms with Crippen molar-refractivity contribution >= 4 is 11.8 Å². The summed E-state index contributed by atoms with van der Waals surface area (Å²) in [7, 11) is 0. The lowest BCUT2D eigenvalue weighted by Crippen LogP contribution is -2.21. The molecule has 0 atom stereocenters. The lowest BCUT2D eigenvalue weighted by atomic mass is 10.0. The molecule has 0 spiro atoms. The summed E-state index contributed by atoms with van der Waals surface area (Å²) in [6, 6.07) is 16.9. The Kier molecular flexibility index (Phi) is 6.17. The molecule has 5 heteroatoms. The van der Waals surface area contributed by atoms with Gasteiger partial charge in [-0.05, 0) is 37.5 Å². The van der Waals surface area contributed by atoms with Crippen LogP contribution in [0.2, 0.25) is 0 Å². The van der Waals surface area contributed by atoms with Gasteiger partial charge in [0.2, 0.25) is 0 Å². The van der Waals surface area contributed by atoms with Gasteiger partial charge in [-0.15, -0.1) is 0 Å². The average Bonchev–Trinajstić information content (AvgIpc) is 2.57. The van der Waals surface area contributed by atoms with Gasteiger partial charge in [0.15, 0.2) is 0 Å². The maximum Gasteiger partial charge on any atom is 0.427 e. The monoisotopic (exact) mass is 312 g/mol. The first-order valence-corrected chi connectivity index (χ1v) is 7.52. The number of aromatic hydroxyl groups is 1. The van der Waals surface area contributed by atoms with Crippen LogP contribution in [0.25, 0.3) is 0 Å². The number of hydrogen-bond donors (Lipinski definition) is 2. The van der Waals surface area contributed by atoms with Crippen LogP contribution >= 0.6 is 0 Å². The summed E-state index contributed by atoms with van der Waals surface area (Å²) in [6.07, 6.45) is 0.715. The van der Waals surface area contributed by atoms with Gasteiger partial charge in [-0.25, -0.2) is 10.2 Å². The maximum atomic E-state index is 11.4. The summed E-state index contributed by atoms with van der Waals surface area (Å²) >= 11 is 0. The third kappa shape index (κ3) is 5.14. The van der Waals surface area contributed by atoms with Gasteiger partial charge in [0.25, 0.3) is 0 Å². The number of nitrogens with zero attached hydrogens (tertiary/aromatic N) is 1. The van der Waals surface area contributed by atoms with Crippen LogP contribution in [0.5, 0.6) is 5.75 Å². The number of ether oxygens (including phenoxy) is 1. The predicted molar refractivity (Wildman–Crippen MR) is 89.6 cm³/mol. The van der Waals surface area contributed by atoms with Gasteiger partial charge in [-0.2, -0.15) is 5.10 Å². The minimum absolute atomic E-state index is 0.130. The molecule has 0 aliphatic rings. The van der Waals surface area contributed by atoms with E-state index in [0.29, 0.717) is 17.7 Å².